The van der Waals surface area contributed by atoms with Gasteiger partial charge >= 0.3 is 0 Å². The number of hydrogen-bond acceptors (Lipinski definition) is 3. The summed E-state index contributed by atoms with van der Waals surface area (Å²) < 4.78 is 11.5. The molecule has 1 atom stereocenters. The van der Waals surface area contributed by atoms with Crippen molar-refractivity contribution >= 4 is 11.6 Å². The van der Waals surface area contributed by atoms with E-state index in [0.717, 1.165) is 36.3 Å². The zero-order valence-electron chi connectivity index (χ0n) is 15.4. The van der Waals surface area contributed by atoms with E-state index in [9.17, 15) is 4.79 Å². The molecule has 0 unspecified atom stereocenters. The Bertz CT molecular complexity index is 513. The lowest BCUT2D eigenvalue weighted by Gasteiger charge is -2.28. The molecule has 0 radical (unpaired) electrons. The number of carbonyl (C=O) groups is 1. The summed E-state index contributed by atoms with van der Waals surface area (Å²) in [4.78, 5) is 12.6. The van der Waals surface area contributed by atoms with E-state index in [-0.39, 0.29) is 12.0 Å². The monoisotopic (exact) mass is 321 g/mol. The van der Waals surface area contributed by atoms with E-state index in [1.165, 1.54) is 0 Å². The minimum Gasteiger partial charge on any atom is -0.491 e. The lowest BCUT2D eigenvalue weighted by atomic mass is 9.97. The number of hydrogen-bond donors (Lipinski definition) is 1. The predicted octanol–water partition coefficient (Wildman–Crippen LogP) is 4.71. The highest BCUT2D eigenvalue weighted by Crippen LogP contribution is 2.25. The Kier molecular flexibility index (Phi) is 7.56. The molecule has 0 saturated heterocycles. The van der Waals surface area contributed by atoms with Crippen LogP contribution in [0.15, 0.2) is 18.2 Å². The van der Waals surface area contributed by atoms with E-state index in [2.05, 4.69) is 12.2 Å². The molecule has 0 aromatic heterocycles. The maximum atomic E-state index is 12.6. The van der Waals surface area contributed by atoms with Crippen molar-refractivity contribution in [3.63, 3.8) is 0 Å². The Morgan fingerprint density at radius 2 is 2.00 bits per heavy atom. The summed E-state index contributed by atoms with van der Waals surface area (Å²) in [5.74, 6) is 0.751. The number of nitrogens with one attached hydrogen (secondary N) is 1. The molecule has 23 heavy (non-hydrogen) atoms. The van der Waals surface area contributed by atoms with Crippen LogP contribution in [0.25, 0.3) is 0 Å². The average Bonchev–Trinajstić information content (AvgIpc) is 2.48. The molecule has 0 aliphatic rings. The fourth-order valence-corrected chi connectivity index (χ4v) is 2.46. The summed E-state index contributed by atoms with van der Waals surface area (Å²) in [6.07, 6.45) is 2.85. The fourth-order valence-electron chi connectivity index (χ4n) is 2.46. The van der Waals surface area contributed by atoms with Gasteiger partial charge in [-0.25, -0.2) is 0 Å². The van der Waals surface area contributed by atoms with Gasteiger partial charge in [0.2, 0.25) is 0 Å². The molecule has 0 aliphatic carbocycles. The van der Waals surface area contributed by atoms with E-state index in [1.54, 1.807) is 0 Å². The number of carbonyl (C=O) groups excluding carboxylic acids is 1. The average molecular weight is 321 g/mol. The Labute approximate surface area is 140 Å². The van der Waals surface area contributed by atoms with Gasteiger partial charge in [-0.15, -0.1) is 0 Å². The van der Waals surface area contributed by atoms with E-state index < -0.39 is 5.60 Å². The summed E-state index contributed by atoms with van der Waals surface area (Å²) in [7, 11) is 0. The molecule has 4 nitrogen and oxygen atoms in total. The highest BCUT2D eigenvalue weighted by atomic mass is 16.5. The van der Waals surface area contributed by atoms with E-state index in [1.807, 2.05) is 52.8 Å². The molecule has 4 heteroatoms. The lowest BCUT2D eigenvalue weighted by molar-refractivity contribution is -0.139. The topological polar surface area (TPSA) is 47.6 Å². The first-order valence-corrected chi connectivity index (χ1v) is 8.55. The third-order valence-corrected chi connectivity index (χ3v) is 3.75. The molecule has 0 heterocycles. The van der Waals surface area contributed by atoms with Gasteiger partial charge < -0.3 is 14.8 Å². The second-order valence-corrected chi connectivity index (χ2v) is 6.37. The molecule has 0 fully saturated rings. The van der Waals surface area contributed by atoms with Crippen molar-refractivity contribution in [3.8, 4) is 5.75 Å². The molecule has 1 amide bonds. The molecular formula is C19H31NO3. The van der Waals surface area contributed by atoms with Crippen LogP contribution in [0, 0.1) is 6.92 Å². The van der Waals surface area contributed by atoms with E-state index in [4.69, 9.17) is 9.47 Å². The van der Waals surface area contributed by atoms with Crippen molar-refractivity contribution in [2.24, 2.45) is 0 Å². The van der Waals surface area contributed by atoms with Crippen molar-refractivity contribution in [1.82, 2.24) is 0 Å². The van der Waals surface area contributed by atoms with E-state index in [0.29, 0.717) is 6.61 Å². The van der Waals surface area contributed by atoms with Gasteiger partial charge in [-0.05, 0) is 64.8 Å². The summed E-state index contributed by atoms with van der Waals surface area (Å²) in [5, 5.41) is 2.98. The van der Waals surface area contributed by atoms with Crippen LogP contribution in [0.2, 0.25) is 0 Å². The summed E-state index contributed by atoms with van der Waals surface area (Å²) in [6, 6.07) is 5.70. The maximum Gasteiger partial charge on any atom is 0.256 e. The number of aryl methyl sites for hydroxylation is 1. The van der Waals surface area contributed by atoms with Gasteiger partial charge in [0.1, 0.15) is 11.4 Å². The van der Waals surface area contributed by atoms with Crippen LogP contribution >= 0.6 is 0 Å². The third-order valence-electron chi connectivity index (χ3n) is 3.75. The Hall–Kier alpha value is -1.55. The van der Waals surface area contributed by atoms with Crippen molar-refractivity contribution in [1.29, 1.82) is 0 Å². The lowest BCUT2D eigenvalue weighted by Crippen LogP contribution is -2.42. The smallest absolute Gasteiger partial charge is 0.256 e. The number of benzene rings is 1. The van der Waals surface area contributed by atoms with Crippen LogP contribution in [0.5, 0.6) is 5.75 Å². The van der Waals surface area contributed by atoms with Crippen LogP contribution in [0.3, 0.4) is 0 Å². The van der Waals surface area contributed by atoms with Gasteiger partial charge in [0, 0.05) is 12.3 Å². The SMILES string of the molecule is CCCC[C@@](C)(OCC)C(=O)Nc1ccc(OC(C)C)c(C)c1. The predicted molar refractivity (Wildman–Crippen MR) is 95.1 cm³/mol. The van der Waals surface area contributed by atoms with Gasteiger partial charge in [-0.1, -0.05) is 19.8 Å². The number of unbranched alkanes of at least 4 members (excludes halogenated alkanes) is 1. The summed E-state index contributed by atoms with van der Waals surface area (Å²) in [6.45, 7) is 12.4. The summed E-state index contributed by atoms with van der Waals surface area (Å²) in [5.41, 5.74) is 0.986. The van der Waals surface area contributed by atoms with Crippen molar-refractivity contribution in [2.45, 2.75) is 72.5 Å². The zero-order valence-corrected chi connectivity index (χ0v) is 15.4. The normalized spacial score (nSPS) is 13.7. The first-order valence-electron chi connectivity index (χ1n) is 8.55. The van der Waals surface area contributed by atoms with E-state index >= 15 is 0 Å². The van der Waals surface area contributed by atoms with Crippen LogP contribution in [-0.4, -0.2) is 24.2 Å². The van der Waals surface area contributed by atoms with Gasteiger partial charge in [0.15, 0.2) is 0 Å². The summed E-state index contributed by atoms with van der Waals surface area (Å²) >= 11 is 0. The largest absolute Gasteiger partial charge is 0.491 e. The number of amides is 1. The highest BCUT2D eigenvalue weighted by molar-refractivity contribution is 5.97. The second kappa shape index (κ2) is 8.92. The first-order chi connectivity index (χ1) is 10.8. The molecular weight excluding hydrogens is 290 g/mol. The first kappa shape index (κ1) is 19.5. The van der Waals surface area contributed by atoms with Gasteiger partial charge in [-0.3, -0.25) is 4.79 Å². The molecule has 1 aromatic rings. The number of anilines is 1. The Balaban J connectivity index is 2.84. The van der Waals surface area contributed by atoms with Gasteiger partial charge in [0.05, 0.1) is 6.10 Å². The fraction of sp³-hybridized carbons (Fsp3) is 0.632. The van der Waals surface area contributed by atoms with Crippen molar-refractivity contribution < 1.29 is 14.3 Å². The molecule has 1 aromatic carbocycles. The van der Waals surface area contributed by atoms with Crippen LogP contribution in [-0.2, 0) is 9.53 Å². The molecule has 0 bridgehead atoms. The molecule has 0 aliphatic heterocycles. The van der Waals surface area contributed by atoms with Crippen LogP contribution in [0.4, 0.5) is 5.69 Å². The van der Waals surface area contributed by atoms with Gasteiger partial charge in [-0.2, -0.15) is 0 Å². The highest BCUT2D eigenvalue weighted by Gasteiger charge is 2.33. The minimum atomic E-state index is -0.786. The van der Waals surface area contributed by atoms with Crippen LogP contribution < -0.4 is 10.1 Å². The second-order valence-electron chi connectivity index (χ2n) is 6.37. The molecule has 0 spiro atoms. The maximum absolute atomic E-state index is 12.6. The quantitative estimate of drug-likeness (QED) is 0.717. The number of rotatable bonds is 9. The Morgan fingerprint density at radius 3 is 2.52 bits per heavy atom. The van der Waals surface area contributed by atoms with Gasteiger partial charge in [0.25, 0.3) is 5.91 Å². The molecule has 0 saturated carbocycles. The zero-order chi connectivity index (χ0) is 17.5. The minimum absolute atomic E-state index is 0.0928. The molecule has 1 rings (SSSR count). The van der Waals surface area contributed by atoms with Crippen molar-refractivity contribution in [3.05, 3.63) is 23.8 Å². The Morgan fingerprint density at radius 1 is 1.30 bits per heavy atom. The molecule has 130 valence electrons. The standard InChI is InChI=1S/C19H31NO3/c1-7-9-12-19(6,22-8-2)18(21)20-16-10-11-17(15(5)13-16)23-14(3)4/h10-11,13-14H,7-9,12H2,1-6H3,(H,20,21)/t19-/m1/s1. The third kappa shape index (κ3) is 5.87. The van der Waals surface area contributed by atoms with Crippen LogP contribution in [0.1, 0.15) is 59.4 Å². The molecule has 1 N–H and O–H groups in total. The van der Waals surface area contributed by atoms with Crippen molar-refractivity contribution in [2.75, 3.05) is 11.9 Å². The number of ether oxygens (including phenoxy) is 2.